The lowest BCUT2D eigenvalue weighted by atomic mass is 10.1. The van der Waals surface area contributed by atoms with Crippen molar-refractivity contribution >= 4 is 17.3 Å². The van der Waals surface area contributed by atoms with E-state index in [-0.39, 0.29) is 0 Å². The van der Waals surface area contributed by atoms with Crippen molar-refractivity contribution in [3.8, 4) is 0 Å². The van der Waals surface area contributed by atoms with Gasteiger partial charge in [-0.05, 0) is 24.3 Å². The zero-order valence-corrected chi connectivity index (χ0v) is 8.68. The molecule has 0 aliphatic rings. The average Bonchev–Trinajstić information content (AvgIpc) is 2.31. The zero-order chi connectivity index (χ0) is 11.4. The lowest BCUT2D eigenvalue weighted by molar-refractivity contribution is 0.100. The summed E-state index contributed by atoms with van der Waals surface area (Å²) in [6, 6.07) is 16.8. The fourth-order valence-corrected chi connectivity index (χ4v) is 1.48. The smallest absolute Gasteiger partial charge is 0.250 e. The number of nitrogens with two attached hydrogens (primary N) is 1. The first-order chi connectivity index (χ1) is 7.77. The molecule has 0 radical (unpaired) electrons. The Morgan fingerprint density at radius 1 is 0.938 bits per heavy atom. The standard InChI is InChI=1S/C13H12N2O/c14-13(16)11-8-4-5-9-12(11)15-10-6-2-1-3-7-10/h1-9,15H,(H2,14,16). The van der Waals surface area contributed by atoms with Crippen LogP contribution in [-0.2, 0) is 0 Å². The van der Waals surface area contributed by atoms with Gasteiger partial charge in [-0.3, -0.25) is 4.79 Å². The molecule has 3 heteroatoms. The van der Waals surface area contributed by atoms with Gasteiger partial charge in [0.25, 0.3) is 5.91 Å². The predicted octanol–water partition coefficient (Wildman–Crippen LogP) is 2.53. The molecule has 0 spiro atoms. The Balaban J connectivity index is 2.31. The third kappa shape index (κ3) is 2.20. The molecule has 1 amide bonds. The van der Waals surface area contributed by atoms with Crippen LogP contribution in [0.1, 0.15) is 10.4 Å². The van der Waals surface area contributed by atoms with Crippen LogP contribution in [0.25, 0.3) is 0 Å². The molecule has 2 aromatic carbocycles. The summed E-state index contributed by atoms with van der Waals surface area (Å²) in [5.74, 6) is -0.431. The topological polar surface area (TPSA) is 55.1 Å². The van der Waals surface area contributed by atoms with Gasteiger partial charge < -0.3 is 11.1 Å². The monoisotopic (exact) mass is 212 g/mol. The molecular formula is C13H12N2O. The van der Waals surface area contributed by atoms with Gasteiger partial charge in [0.15, 0.2) is 0 Å². The normalized spacial score (nSPS) is 9.75. The Morgan fingerprint density at radius 3 is 2.25 bits per heavy atom. The predicted molar refractivity (Wildman–Crippen MR) is 64.7 cm³/mol. The second-order valence-electron chi connectivity index (χ2n) is 3.40. The molecule has 0 atom stereocenters. The summed E-state index contributed by atoms with van der Waals surface area (Å²) in [6.45, 7) is 0. The minimum Gasteiger partial charge on any atom is -0.366 e. The minimum atomic E-state index is -0.431. The van der Waals surface area contributed by atoms with Crippen molar-refractivity contribution in [1.82, 2.24) is 0 Å². The highest BCUT2D eigenvalue weighted by Crippen LogP contribution is 2.19. The van der Waals surface area contributed by atoms with Gasteiger partial charge in [0.2, 0.25) is 0 Å². The molecule has 0 aliphatic carbocycles. The van der Waals surface area contributed by atoms with Gasteiger partial charge in [0.1, 0.15) is 0 Å². The number of hydrogen-bond donors (Lipinski definition) is 2. The van der Waals surface area contributed by atoms with Crippen molar-refractivity contribution < 1.29 is 4.79 Å². The maximum absolute atomic E-state index is 11.2. The summed E-state index contributed by atoms with van der Waals surface area (Å²) >= 11 is 0. The van der Waals surface area contributed by atoms with Gasteiger partial charge in [-0.15, -0.1) is 0 Å². The molecule has 0 saturated heterocycles. The first-order valence-corrected chi connectivity index (χ1v) is 4.98. The number of nitrogens with one attached hydrogen (secondary N) is 1. The third-order valence-corrected chi connectivity index (χ3v) is 2.25. The maximum atomic E-state index is 11.2. The van der Waals surface area contributed by atoms with Gasteiger partial charge in [0, 0.05) is 5.69 Å². The van der Waals surface area contributed by atoms with E-state index in [4.69, 9.17) is 5.73 Å². The Hall–Kier alpha value is -2.29. The SMILES string of the molecule is NC(=O)c1ccccc1Nc1ccccc1. The number of carbonyl (C=O) groups excluding carboxylic acids is 1. The molecule has 0 bridgehead atoms. The van der Waals surface area contributed by atoms with E-state index in [1.54, 1.807) is 12.1 Å². The molecule has 0 aromatic heterocycles. The van der Waals surface area contributed by atoms with Crippen LogP contribution in [0.3, 0.4) is 0 Å². The molecule has 0 aliphatic heterocycles. The van der Waals surface area contributed by atoms with E-state index >= 15 is 0 Å². The van der Waals surface area contributed by atoms with E-state index in [2.05, 4.69) is 5.32 Å². The number of benzene rings is 2. The Kier molecular flexibility index (Phi) is 2.87. The van der Waals surface area contributed by atoms with E-state index in [1.165, 1.54) is 0 Å². The number of amides is 1. The fraction of sp³-hybridized carbons (Fsp3) is 0. The molecule has 2 aromatic rings. The van der Waals surface area contributed by atoms with E-state index in [1.807, 2.05) is 42.5 Å². The molecular weight excluding hydrogens is 200 g/mol. The lowest BCUT2D eigenvalue weighted by Crippen LogP contribution is -2.13. The minimum absolute atomic E-state index is 0.431. The summed E-state index contributed by atoms with van der Waals surface area (Å²) in [7, 11) is 0. The van der Waals surface area contributed by atoms with Crippen LogP contribution in [0.15, 0.2) is 54.6 Å². The Morgan fingerprint density at radius 2 is 1.56 bits per heavy atom. The first kappa shape index (κ1) is 10.2. The van der Waals surface area contributed by atoms with Crippen LogP contribution in [0.2, 0.25) is 0 Å². The van der Waals surface area contributed by atoms with Crippen molar-refractivity contribution in [1.29, 1.82) is 0 Å². The Labute approximate surface area is 93.9 Å². The van der Waals surface area contributed by atoms with Crippen LogP contribution < -0.4 is 11.1 Å². The summed E-state index contributed by atoms with van der Waals surface area (Å²) in [6.07, 6.45) is 0. The lowest BCUT2D eigenvalue weighted by Gasteiger charge is -2.09. The van der Waals surface area contributed by atoms with E-state index in [0.717, 1.165) is 11.4 Å². The number of para-hydroxylation sites is 2. The first-order valence-electron chi connectivity index (χ1n) is 4.98. The van der Waals surface area contributed by atoms with Crippen molar-refractivity contribution in [2.45, 2.75) is 0 Å². The molecule has 80 valence electrons. The van der Waals surface area contributed by atoms with Gasteiger partial charge in [-0.1, -0.05) is 30.3 Å². The summed E-state index contributed by atoms with van der Waals surface area (Å²) in [4.78, 5) is 11.2. The van der Waals surface area contributed by atoms with Crippen LogP contribution in [0.5, 0.6) is 0 Å². The van der Waals surface area contributed by atoms with E-state index in [9.17, 15) is 4.79 Å². The Bertz CT molecular complexity index is 494. The number of hydrogen-bond acceptors (Lipinski definition) is 2. The quantitative estimate of drug-likeness (QED) is 0.821. The van der Waals surface area contributed by atoms with E-state index < -0.39 is 5.91 Å². The molecule has 0 heterocycles. The molecule has 3 nitrogen and oxygen atoms in total. The highest BCUT2D eigenvalue weighted by molar-refractivity contribution is 5.99. The second kappa shape index (κ2) is 4.49. The van der Waals surface area contributed by atoms with Crippen LogP contribution in [0.4, 0.5) is 11.4 Å². The molecule has 16 heavy (non-hydrogen) atoms. The average molecular weight is 212 g/mol. The summed E-state index contributed by atoms with van der Waals surface area (Å²) < 4.78 is 0. The molecule has 2 rings (SSSR count). The largest absolute Gasteiger partial charge is 0.366 e. The number of carbonyl (C=O) groups is 1. The van der Waals surface area contributed by atoms with Crippen molar-refractivity contribution in [2.75, 3.05) is 5.32 Å². The van der Waals surface area contributed by atoms with Gasteiger partial charge >= 0.3 is 0 Å². The molecule has 0 unspecified atom stereocenters. The highest BCUT2D eigenvalue weighted by Gasteiger charge is 2.06. The number of anilines is 2. The van der Waals surface area contributed by atoms with Crippen molar-refractivity contribution in [2.24, 2.45) is 5.73 Å². The van der Waals surface area contributed by atoms with Crippen LogP contribution in [0, 0.1) is 0 Å². The summed E-state index contributed by atoms with van der Waals surface area (Å²) in [5, 5.41) is 3.15. The molecule has 0 saturated carbocycles. The molecule has 3 N–H and O–H groups in total. The van der Waals surface area contributed by atoms with Crippen molar-refractivity contribution in [3.63, 3.8) is 0 Å². The fourth-order valence-electron chi connectivity index (χ4n) is 1.48. The van der Waals surface area contributed by atoms with Crippen molar-refractivity contribution in [3.05, 3.63) is 60.2 Å². The van der Waals surface area contributed by atoms with Crippen LogP contribution >= 0.6 is 0 Å². The van der Waals surface area contributed by atoms with Gasteiger partial charge in [-0.25, -0.2) is 0 Å². The number of rotatable bonds is 3. The van der Waals surface area contributed by atoms with Gasteiger partial charge in [0.05, 0.1) is 11.3 Å². The summed E-state index contributed by atoms with van der Waals surface area (Å²) in [5.41, 5.74) is 7.43. The van der Waals surface area contributed by atoms with Crippen LogP contribution in [-0.4, -0.2) is 5.91 Å². The highest BCUT2D eigenvalue weighted by atomic mass is 16.1. The second-order valence-corrected chi connectivity index (χ2v) is 3.40. The third-order valence-electron chi connectivity index (χ3n) is 2.25. The zero-order valence-electron chi connectivity index (χ0n) is 8.68. The number of primary amides is 1. The molecule has 0 fully saturated rings. The van der Waals surface area contributed by atoms with Gasteiger partial charge in [-0.2, -0.15) is 0 Å². The maximum Gasteiger partial charge on any atom is 0.250 e. The van der Waals surface area contributed by atoms with E-state index in [0.29, 0.717) is 5.56 Å².